The molecule has 0 bridgehead atoms. The average molecular weight is 400 g/mol. The van der Waals surface area contributed by atoms with Crippen molar-refractivity contribution in [3.63, 3.8) is 0 Å². The Morgan fingerprint density at radius 3 is 2.53 bits per heavy atom. The number of para-hydroxylation sites is 2. The van der Waals surface area contributed by atoms with Crippen molar-refractivity contribution in [3.05, 3.63) is 78.1 Å². The van der Waals surface area contributed by atoms with Crippen molar-refractivity contribution in [2.45, 2.75) is 20.0 Å². The van der Waals surface area contributed by atoms with E-state index >= 15 is 0 Å². The highest BCUT2D eigenvalue weighted by molar-refractivity contribution is 5.90. The van der Waals surface area contributed by atoms with Crippen LogP contribution in [0.4, 0.5) is 5.82 Å². The number of benzene rings is 2. The van der Waals surface area contributed by atoms with Crippen molar-refractivity contribution in [3.8, 4) is 17.1 Å². The molecule has 1 unspecified atom stereocenters. The molecule has 6 heteroatoms. The van der Waals surface area contributed by atoms with Gasteiger partial charge in [0.25, 0.3) is 0 Å². The summed E-state index contributed by atoms with van der Waals surface area (Å²) in [5, 5.41) is 14.6. The predicted octanol–water partition coefficient (Wildman–Crippen LogP) is 4.16. The van der Waals surface area contributed by atoms with Crippen molar-refractivity contribution in [2.24, 2.45) is 0 Å². The Morgan fingerprint density at radius 1 is 0.967 bits per heavy atom. The van der Waals surface area contributed by atoms with E-state index in [1.54, 1.807) is 12.4 Å². The highest BCUT2D eigenvalue weighted by Crippen LogP contribution is 2.25. The van der Waals surface area contributed by atoms with Gasteiger partial charge in [0.2, 0.25) is 0 Å². The van der Waals surface area contributed by atoms with Gasteiger partial charge in [0.1, 0.15) is 24.3 Å². The first-order valence-corrected chi connectivity index (χ1v) is 9.90. The zero-order valence-electron chi connectivity index (χ0n) is 17.0. The summed E-state index contributed by atoms with van der Waals surface area (Å²) in [7, 11) is 0. The van der Waals surface area contributed by atoms with Gasteiger partial charge in [-0.1, -0.05) is 30.3 Å². The van der Waals surface area contributed by atoms with Crippen LogP contribution < -0.4 is 10.1 Å². The van der Waals surface area contributed by atoms with Crippen LogP contribution in [0.15, 0.2) is 67.0 Å². The second-order valence-electron chi connectivity index (χ2n) is 7.22. The summed E-state index contributed by atoms with van der Waals surface area (Å²) in [6, 6.07) is 17.6. The molecule has 0 radical (unpaired) electrons. The molecule has 30 heavy (non-hydrogen) atoms. The van der Waals surface area contributed by atoms with E-state index in [0.717, 1.165) is 33.3 Å². The average Bonchev–Trinajstić information content (AvgIpc) is 2.77. The summed E-state index contributed by atoms with van der Waals surface area (Å²) in [4.78, 5) is 13.5. The van der Waals surface area contributed by atoms with Crippen LogP contribution in [0.25, 0.3) is 22.3 Å². The number of pyridine rings is 1. The Balaban J connectivity index is 1.50. The fourth-order valence-electron chi connectivity index (χ4n) is 3.32. The Morgan fingerprint density at radius 2 is 1.77 bits per heavy atom. The third kappa shape index (κ3) is 4.39. The lowest BCUT2D eigenvalue weighted by atomic mass is 10.1. The minimum atomic E-state index is -0.695. The van der Waals surface area contributed by atoms with Gasteiger partial charge in [-0.05, 0) is 49.2 Å². The number of hydrogen-bond donors (Lipinski definition) is 2. The van der Waals surface area contributed by atoms with Crippen LogP contribution in [0.1, 0.15) is 11.1 Å². The number of fused-ring (bicyclic) bond motifs is 1. The summed E-state index contributed by atoms with van der Waals surface area (Å²) >= 11 is 0. The Labute approximate surface area is 175 Å². The van der Waals surface area contributed by atoms with Gasteiger partial charge in [-0.3, -0.25) is 4.98 Å². The molecule has 0 saturated carbocycles. The number of nitrogens with one attached hydrogen (secondary N) is 1. The van der Waals surface area contributed by atoms with Crippen molar-refractivity contribution in [1.82, 2.24) is 15.0 Å². The molecule has 6 nitrogen and oxygen atoms in total. The Bertz CT molecular complexity index is 1130. The van der Waals surface area contributed by atoms with Crippen LogP contribution in [0.3, 0.4) is 0 Å². The van der Waals surface area contributed by atoms with Gasteiger partial charge in [0.05, 0.1) is 5.52 Å². The van der Waals surface area contributed by atoms with E-state index in [2.05, 4.69) is 20.3 Å². The molecular weight excluding hydrogens is 376 g/mol. The number of aliphatic hydroxyl groups is 1. The zero-order valence-corrected chi connectivity index (χ0v) is 17.0. The SMILES string of the molecule is Cc1cccc(C)c1OCC(O)CNc1nc(-c2cccnc2)nc2ccccc12. The van der Waals surface area contributed by atoms with Crippen LogP contribution in [0.2, 0.25) is 0 Å². The summed E-state index contributed by atoms with van der Waals surface area (Å²) < 4.78 is 5.87. The maximum Gasteiger partial charge on any atom is 0.163 e. The normalized spacial score (nSPS) is 12.0. The number of nitrogens with zero attached hydrogens (tertiary/aromatic N) is 3. The lowest BCUT2D eigenvalue weighted by Gasteiger charge is -2.17. The molecule has 0 aliphatic carbocycles. The molecule has 2 aromatic carbocycles. The molecule has 0 fully saturated rings. The number of aryl methyl sites for hydroxylation is 2. The van der Waals surface area contributed by atoms with Crippen LogP contribution >= 0.6 is 0 Å². The minimum absolute atomic E-state index is 0.192. The fraction of sp³-hybridized carbons (Fsp3) is 0.208. The van der Waals surface area contributed by atoms with Crippen molar-refractivity contribution in [2.75, 3.05) is 18.5 Å². The lowest BCUT2D eigenvalue weighted by molar-refractivity contribution is 0.117. The molecule has 2 heterocycles. The van der Waals surface area contributed by atoms with Crippen molar-refractivity contribution < 1.29 is 9.84 Å². The monoisotopic (exact) mass is 400 g/mol. The molecule has 152 valence electrons. The van der Waals surface area contributed by atoms with Gasteiger partial charge in [-0.25, -0.2) is 9.97 Å². The number of rotatable bonds is 7. The molecule has 4 rings (SSSR count). The Kier molecular flexibility index (Phi) is 5.86. The van der Waals surface area contributed by atoms with Crippen LogP contribution in [0.5, 0.6) is 5.75 Å². The summed E-state index contributed by atoms with van der Waals surface area (Å²) in [5.74, 6) is 2.08. The van der Waals surface area contributed by atoms with E-state index in [1.165, 1.54) is 0 Å². The highest BCUT2D eigenvalue weighted by atomic mass is 16.5. The maximum atomic E-state index is 10.5. The summed E-state index contributed by atoms with van der Waals surface area (Å²) in [6.07, 6.45) is 2.76. The highest BCUT2D eigenvalue weighted by Gasteiger charge is 2.12. The van der Waals surface area contributed by atoms with Crippen LogP contribution in [-0.2, 0) is 0 Å². The number of hydrogen-bond acceptors (Lipinski definition) is 6. The lowest BCUT2D eigenvalue weighted by Crippen LogP contribution is -2.27. The van der Waals surface area contributed by atoms with Crippen LogP contribution in [0, 0.1) is 13.8 Å². The third-order valence-corrected chi connectivity index (χ3v) is 4.86. The van der Waals surface area contributed by atoms with Crippen LogP contribution in [-0.4, -0.2) is 39.3 Å². The molecular formula is C24H24N4O2. The van der Waals surface area contributed by atoms with Gasteiger partial charge >= 0.3 is 0 Å². The minimum Gasteiger partial charge on any atom is -0.490 e. The first kappa shape index (κ1) is 19.8. The molecule has 2 aromatic heterocycles. The van der Waals surface area contributed by atoms with Gasteiger partial charge in [0, 0.05) is 29.9 Å². The molecule has 4 aromatic rings. The molecule has 2 N–H and O–H groups in total. The van der Waals surface area contributed by atoms with E-state index < -0.39 is 6.10 Å². The molecule has 1 atom stereocenters. The van der Waals surface area contributed by atoms with E-state index in [-0.39, 0.29) is 6.61 Å². The topological polar surface area (TPSA) is 80.2 Å². The second-order valence-corrected chi connectivity index (χ2v) is 7.22. The smallest absolute Gasteiger partial charge is 0.163 e. The van der Waals surface area contributed by atoms with Crippen molar-refractivity contribution >= 4 is 16.7 Å². The van der Waals surface area contributed by atoms with Crippen molar-refractivity contribution in [1.29, 1.82) is 0 Å². The molecule has 0 spiro atoms. The standard InChI is InChI=1S/C24H24N4O2/c1-16-7-5-8-17(2)22(16)30-15-19(29)14-26-24-20-10-3-4-11-21(20)27-23(28-24)18-9-6-12-25-13-18/h3-13,19,29H,14-15H2,1-2H3,(H,26,27,28). The van der Waals surface area contributed by atoms with Gasteiger partial charge in [-0.15, -0.1) is 0 Å². The summed E-state index contributed by atoms with van der Waals surface area (Å²) in [5.41, 5.74) is 3.77. The Hall–Kier alpha value is -3.51. The number of aliphatic hydroxyl groups excluding tert-OH is 1. The van der Waals surface area contributed by atoms with Gasteiger partial charge in [-0.2, -0.15) is 0 Å². The van der Waals surface area contributed by atoms with E-state index in [9.17, 15) is 5.11 Å². The molecule has 0 aliphatic heterocycles. The largest absolute Gasteiger partial charge is 0.490 e. The van der Waals surface area contributed by atoms with E-state index in [0.29, 0.717) is 18.2 Å². The first-order chi connectivity index (χ1) is 14.6. The number of ether oxygens (including phenoxy) is 1. The number of anilines is 1. The zero-order chi connectivity index (χ0) is 20.9. The van der Waals surface area contributed by atoms with Gasteiger partial charge < -0.3 is 15.2 Å². The molecule has 0 aliphatic rings. The predicted molar refractivity (Wildman–Crippen MR) is 119 cm³/mol. The molecule has 0 saturated heterocycles. The van der Waals surface area contributed by atoms with E-state index in [1.807, 2.05) is 68.4 Å². The quantitative estimate of drug-likeness (QED) is 0.485. The van der Waals surface area contributed by atoms with Gasteiger partial charge in [0.15, 0.2) is 5.82 Å². The maximum absolute atomic E-state index is 10.5. The second kappa shape index (κ2) is 8.88. The summed E-state index contributed by atoms with van der Waals surface area (Å²) in [6.45, 7) is 4.50. The number of aromatic nitrogens is 3. The van der Waals surface area contributed by atoms with E-state index in [4.69, 9.17) is 4.74 Å². The fourth-order valence-corrected chi connectivity index (χ4v) is 3.32. The first-order valence-electron chi connectivity index (χ1n) is 9.90. The third-order valence-electron chi connectivity index (χ3n) is 4.86. The molecule has 0 amide bonds.